The fourth-order valence-corrected chi connectivity index (χ4v) is 1.49. The molecule has 0 radical (unpaired) electrons. The summed E-state index contributed by atoms with van der Waals surface area (Å²) in [6, 6.07) is 6.88. The van der Waals surface area contributed by atoms with Crippen LogP contribution in [0.5, 0.6) is 11.5 Å². The van der Waals surface area contributed by atoms with Gasteiger partial charge in [-0.1, -0.05) is 0 Å². The van der Waals surface area contributed by atoms with Crippen LogP contribution in [-0.2, 0) is 9.53 Å². The number of nitriles is 1. The van der Waals surface area contributed by atoms with E-state index >= 15 is 0 Å². The van der Waals surface area contributed by atoms with E-state index in [0.717, 1.165) is 0 Å². The molecular weight excluding hydrogens is 258 g/mol. The van der Waals surface area contributed by atoms with Crippen LogP contribution in [0.3, 0.4) is 0 Å². The monoisotopic (exact) mass is 277 g/mol. The molecule has 0 unspecified atom stereocenters. The summed E-state index contributed by atoms with van der Waals surface area (Å²) in [7, 11) is 1.50. The molecule has 0 N–H and O–H groups in total. The first-order chi connectivity index (χ1) is 9.35. The molecule has 1 rings (SSSR count). The number of carbonyl (C=O) groups is 1. The predicted octanol–water partition coefficient (Wildman–Crippen LogP) is 2.68. The van der Waals surface area contributed by atoms with Gasteiger partial charge in [0.15, 0.2) is 11.5 Å². The number of hydrogen-bond acceptors (Lipinski definition) is 5. The van der Waals surface area contributed by atoms with Gasteiger partial charge in [0, 0.05) is 6.07 Å². The highest BCUT2D eigenvalue weighted by Gasteiger charge is 2.16. The summed E-state index contributed by atoms with van der Waals surface area (Å²) < 4.78 is 15.8. The number of carbonyl (C=O) groups excluding carboxylic acids is 1. The normalized spacial score (nSPS) is 10.6. The third-order valence-electron chi connectivity index (χ3n) is 2.28. The topological polar surface area (TPSA) is 68.5 Å². The highest BCUT2D eigenvalue weighted by Crippen LogP contribution is 2.27. The Labute approximate surface area is 119 Å². The van der Waals surface area contributed by atoms with Gasteiger partial charge in [-0.05, 0) is 32.9 Å². The van der Waals surface area contributed by atoms with Gasteiger partial charge in [0.25, 0.3) is 0 Å². The molecule has 0 aliphatic rings. The van der Waals surface area contributed by atoms with Gasteiger partial charge >= 0.3 is 5.97 Å². The Morgan fingerprint density at radius 2 is 2.00 bits per heavy atom. The van der Waals surface area contributed by atoms with Gasteiger partial charge in [0.05, 0.1) is 31.8 Å². The fourth-order valence-electron chi connectivity index (χ4n) is 1.49. The van der Waals surface area contributed by atoms with Gasteiger partial charge < -0.3 is 14.2 Å². The minimum atomic E-state index is -0.497. The molecule has 0 atom stereocenters. The summed E-state index contributed by atoms with van der Waals surface area (Å²) in [6.07, 6.45) is 0.153. The van der Waals surface area contributed by atoms with Crippen molar-refractivity contribution in [1.29, 1.82) is 5.26 Å². The smallest absolute Gasteiger partial charge is 0.309 e. The fraction of sp³-hybridized carbons (Fsp3) is 0.467. The largest absolute Gasteiger partial charge is 0.493 e. The van der Waals surface area contributed by atoms with Crippen LogP contribution in [0.1, 0.15) is 32.8 Å². The maximum absolute atomic E-state index is 11.5. The van der Waals surface area contributed by atoms with Crippen molar-refractivity contribution in [2.45, 2.75) is 32.8 Å². The van der Waals surface area contributed by atoms with E-state index in [4.69, 9.17) is 19.5 Å². The van der Waals surface area contributed by atoms with Crippen LogP contribution in [0.4, 0.5) is 0 Å². The van der Waals surface area contributed by atoms with E-state index in [0.29, 0.717) is 17.1 Å². The van der Waals surface area contributed by atoms with Gasteiger partial charge in [-0.15, -0.1) is 0 Å². The van der Waals surface area contributed by atoms with E-state index in [2.05, 4.69) is 0 Å². The summed E-state index contributed by atoms with van der Waals surface area (Å²) in [6.45, 7) is 5.64. The standard InChI is InChI=1S/C15H19NO4/c1-15(2,3)20-14(17)7-8-19-12-6-5-11(10-16)9-13(12)18-4/h5-6,9H,7-8H2,1-4H3. The van der Waals surface area contributed by atoms with Crippen LogP contribution in [0, 0.1) is 11.3 Å². The quantitative estimate of drug-likeness (QED) is 0.774. The Hall–Kier alpha value is -2.22. The second-order valence-electron chi connectivity index (χ2n) is 5.16. The first-order valence-corrected chi connectivity index (χ1v) is 6.28. The van der Waals surface area contributed by atoms with E-state index in [1.807, 2.05) is 26.8 Å². The van der Waals surface area contributed by atoms with Crippen molar-refractivity contribution in [2.75, 3.05) is 13.7 Å². The van der Waals surface area contributed by atoms with Crippen LogP contribution >= 0.6 is 0 Å². The number of methoxy groups -OCH3 is 1. The molecule has 0 fully saturated rings. The van der Waals surface area contributed by atoms with Gasteiger partial charge in [0.2, 0.25) is 0 Å². The van der Waals surface area contributed by atoms with Crippen molar-refractivity contribution in [1.82, 2.24) is 0 Å². The summed E-state index contributed by atoms with van der Waals surface area (Å²) in [4.78, 5) is 11.5. The maximum atomic E-state index is 11.5. The zero-order valence-corrected chi connectivity index (χ0v) is 12.2. The number of nitrogens with zero attached hydrogens (tertiary/aromatic N) is 1. The van der Waals surface area contributed by atoms with E-state index in [-0.39, 0.29) is 19.0 Å². The summed E-state index contributed by atoms with van der Waals surface area (Å²) in [5.41, 5.74) is -0.00945. The van der Waals surface area contributed by atoms with E-state index in [1.54, 1.807) is 18.2 Å². The molecule has 0 saturated carbocycles. The Morgan fingerprint density at radius 1 is 1.30 bits per heavy atom. The number of rotatable bonds is 5. The number of esters is 1. The predicted molar refractivity (Wildman–Crippen MR) is 73.7 cm³/mol. The van der Waals surface area contributed by atoms with E-state index < -0.39 is 5.60 Å². The molecule has 20 heavy (non-hydrogen) atoms. The minimum absolute atomic E-state index is 0.153. The first-order valence-electron chi connectivity index (χ1n) is 6.28. The van der Waals surface area contributed by atoms with Crippen molar-refractivity contribution in [3.63, 3.8) is 0 Å². The molecule has 1 aromatic carbocycles. The average Bonchev–Trinajstić information content (AvgIpc) is 2.36. The lowest BCUT2D eigenvalue weighted by molar-refractivity contribution is -0.155. The lowest BCUT2D eigenvalue weighted by Gasteiger charge is -2.19. The maximum Gasteiger partial charge on any atom is 0.309 e. The number of ether oxygens (including phenoxy) is 3. The molecule has 108 valence electrons. The average molecular weight is 277 g/mol. The third kappa shape index (κ3) is 5.19. The molecule has 0 heterocycles. The highest BCUT2D eigenvalue weighted by molar-refractivity contribution is 5.70. The van der Waals surface area contributed by atoms with Crippen molar-refractivity contribution in [2.24, 2.45) is 0 Å². The van der Waals surface area contributed by atoms with Crippen LogP contribution in [0.25, 0.3) is 0 Å². The van der Waals surface area contributed by atoms with Crippen molar-refractivity contribution >= 4 is 5.97 Å². The molecule has 0 bridgehead atoms. The Morgan fingerprint density at radius 3 is 2.55 bits per heavy atom. The minimum Gasteiger partial charge on any atom is -0.493 e. The highest BCUT2D eigenvalue weighted by atomic mass is 16.6. The molecule has 0 aliphatic carbocycles. The van der Waals surface area contributed by atoms with Crippen molar-refractivity contribution in [3.05, 3.63) is 23.8 Å². The molecule has 5 heteroatoms. The van der Waals surface area contributed by atoms with Gasteiger partial charge in [-0.2, -0.15) is 5.26 Å². The molecule has 0 saturated heterocycles. The van der Waals surface area contributed by atoms with Crippen LogP contribution < -0.4 is 9.47 Å². The molecule has 0 amide bonds. The molecule has 1 aromatic rings. The molecule has 0 aromatic heterocycles. The van der Waals surface area contributed by atoms with E-state index in [9.17, 15) is 4.79 Å². The van der Waals surface area contributed by atoms with Crippen LogP contribution in [-0.4, -0.2) is 25.3 Å². The molecule has 0 spiro atoms. The van der Waals surface area contributed by atoms with Crippen molar-refractivity contribution in [3.8, 4) is 17.6 Å². The second-order valence-corrected chi connectivity index (χ2v) is 5.16. The molecule has 0 aliphatic heterocycles. The molecule has 5 nitrogen and oxygen atoms in total. The van der Waals surface area contributed by atoms with Crippen LogP contribution in [0.15, 0.2) is 18.2 Å². The second kappa shape index (κ2) is 6.80. The van der Waals surface area contributed by atoms with E-state index in [1.165, 1.54) is 7.11 Å². The lowest BCUT2D eigenvalue weighted by Crippen LogP contribution is -2.24. The Balaban J connectivity index is 2.54. The van der Waals surface area contributed by atoms with Crippen molar-refractivity contribution < 1.29 is 19.0 Å². The van der Waals surface area contributed by atoms with Crippen LogP contribution in [0.2, 0.25) is 0 Å². The van der Waals surface area contributed by atoms with Gasteiger partial charge in [-0.25, -0.2) is 0 Å². The number of benzene rings is 1. The summed E-state index contributed by atoms with van der Waals surface area (Å²) >= 11 is 0. The number of hydrogen-bond donors (Lipinski definition) is 0. The van der Waals surface area contributed by atoms with Gasteiger partial charge in [-0.3, -0.25) is 4.79 Å². The first kappa shape index (κ1) is 15.8. The summed E-state index contributed by atoms with van der Waals surface area (Å²) in [5.74, 6) is 0.647. The van der Waals surface area contributed by atoms with Gasteiger partial charge in [0.1, 0.15) is 5.60 Å². The zero-order valence-electron chi connectivity index (χ0n) is 12.2. The Kier molecular flexibility index (Phi) is 5.39. The Bertz CT molecular complexity index is 512. The lowest BCUT2D eigenvalue weighted by atomic mass is 10.2. The SMILES string of the molecule is COc1cc(C#N)ccc1OCCC(=O)OC(C)(C)C. The third-order valence-corrected chi connectivity index (χ3v) is 2.28. The zero-order chi connectivity index (χ0) is 15.2. The molecular formula is C15H19NO4. The summed E-state index contributed by atoms with van der Waals surface area (Å²) in [5, 5.41) is 8.80.